The molecule has 0 unspecified atom stereocenters. The number of nitriles is 1. The first-order valence-corrected chi connectivity index (χ1v) is 7.13. The monoisotopic (exact) mass is 294 g/mol. The van der Waals surface area contributed by atoms with Crippen LogP contribution in [-0.2, 0) is 6.42 Å². The number of piperidine rings is 1. The molecule has 0 amide bonds. The third-order valence-electron chi connectivity index (χ3n) is 4.45. The van der Waals surface area contributed by atoms with Crippen LogP contribution in [0.5, 0.6) is 0 Å². The summed E-state index contributed by atoms with van der Waals surface area (Å²) >= 11 is 0. The Morgan fingerprint density at radius 1 is 1.30 bits per heavy atom. The summed E-state index contributed by atoms with van der Waals surface area (Å²) in [5.41, 5.74) is 2.08. The van der Waals surface area contributed by atoms with E-state index in [0.717, 1.165) is 50.8 Å². The molecule has 1 aromatic rings. The molecule has 1 saturated heterocycles. The number of rotatable bonds is 3. The Morgan fingerprint density at radius 2 is 2.00 bits per heavy atom. The Hall–Kier alpha value is -1.11. The van der Waals surface area contributed by atoms with Gasteiger partial charge in [-0.05, 0) is 74.4 Å². The predicted octanol–water partition coefficient (Wildman–Crippen LogP) is 3.56. The smallest absolute Gasteiger partial charge is 0.123 e. The highest BCUT2D eigenvalue weighted by molar-refractivity contribution is 5.85. The molecule has 1 saturated carbocycles. The summed E-state index contributed by atoms with van der Waals surface area (Å²) < 4.78 is 13.4. The van der Waals surface area contributed by atoms with Gasteiger partial charge in [0.2, 0.25) is 0 Å². The minimum absolute atomic E-state index is 0. The van der Waals surface area contributed by atoms with Crippen LogP contribution in [0.1, 0.15) is 42.7 Å². The molecule has 2 nitrogen and oxygen atoms in total. The molecule has 108 valence electrons. The van der Waals surface area contributed by atoms with Crippen molar-refractivity contribution >= 4 is 12.4 Å². The molecule has 1 aliphatic heterocycles. The summed E-state index contributed by atoms with van der Waals surface area (Å²) in [4.78, 5) is 0. The van der Waals surface area contributed by atoms with Gasteiger partial charge in [-0.2, -0.15) is 5.26 Å². The summed E-state index contributed by atoms with van der Waals surface area (Å²) in [6, 6.07) is 7.64. The molecule has 1 aromatic carbocycles. The van der Waals surface area contributed by atoms with E-state index in [0.29, 0.717) is 5.92 Å². The van der Waals surface area contributed by atoms with Crippen LogP contribution in [-0.4, -0.2) is 13.1 Å². The predicted molar refractivity (Wildman–Crippen MR) is 79.5 cm³/mol. The minimum Gasteiger partial charge on any atom is -0.317 e. The van der Waals surface area contributed by atoms with E-state index in [-0.39, 0.29) is 23.6 Å². The van der Waals surface area contributed by atoms with E-state index in [4.69, 9.17) is 0 Å². The lowest BCUT2D eigenvalue weighted by molar-refractivity contribution is 0.280. The van der Waals surface area contributed by atoms with Crippen molar-refractivity contribution < 1.29 is 4.39 Å². The molecule has 20 heavy (non-hydrogen) atoms. The zero-order valence-corrected chi connectivity index (χ0v) is 12.3. The molecule has 3 rings (SSSR count). The first kappa shape index (κ1) is 15.3. The fourth-order valence-electron chi connectivity index (χ4n) is 3.10. The highest BCUT2D eigenvalue weighted by Gasteiger charge is 2.35. The van der Waals surface area contributed by atoms with Gasteiger partial charge in [-0.15, -0.1) is 12.4 Å². The van der Waals surface area contributed by atoms with Crippen molar-refractivity contribution in [1.82, 2.24) is 5.32 Å². The summed E-state index contributed by atoms with van der Waals surface area (Å²) in [7, 11) is 0. The first-order chi connectivity index (χ1) is 9.22. The second-order valence-corrected chi connectivity index (χ2v) is 5.94. The van der Waals surface area contributed by atoms with Crippen LogP contribution >= 0.6 is 12.4 Å². The number of nitrogens with zero attached hydrogens (tertiary/aromatic N) is 1. The second kappa shape index (κ2) is 6.11. The van der Waals surface area contributed by atoms with Gasteiger partial charge in [0.05, 0.1) is 11.5 Å². The van der Waals surface area contributed by atoms with E-state index in [9.17, 15) is 9.65 Å². The lowest BCUT2D eigenvalue weighted by Gasteiger charge is -2.32. The second-order valence-electron chi connectivity index (χ2n) is 5.94. The van der Waals surface area contributed by atoms with Crippen molar-refractivity contribution in [3.8, 4) is 6.07 Å². The van der Waals surface area contributed by atoms with E-state index < -0.39 is 0 Å². The van der Waals surface area contributed by atoms with Crippen molar-refractivity contribution in [3.05, 3.63) is 35.1 Å². The van der Waals surface area contributed by atoms with Crippen molar-refractivity contribution in [2.75, 3.05) is 13.1 Å². The molecule has 0 bridgehead atoms. The topological polar surface area (TPSA) is 35.8 Å². The van der Waals surface area contributed by atoms with Gasteiger partial charge in [-0.1, -0.05) is 6.07 Å². The summed E-state index contributed by atoms with van der Waals surface area (Å²) in [6.07, 6.45) is 4.89. The Labute approximate surface area is 125 Å². The Kier molecular flexibility index (Phi) is 4.67. The fourth-order valence-corrected chi connectivity index (χ4v) is 3.10. The molecule has 0 aromatic heterocycles. The largest absolute Gasteiger partial charge is 0.317 e. The van der Waals surface area contributed by atoms with Crippen LogP contribution < -0.4 is 5.32 Å². The first-order valence-electron chi connectivity index (χ1n) is 7.13. The standard InChI is InChI=1S/C16H19FN2.ClH/c17-14-4-3-13(15(9-14)12-1-2-12)10-16(11-18)5-7-19-8-6-16;/h3-4,9,12,19H,1-2,5-8,10H2;1H. The van der Waals surface area contributed by atoms with Gasteiger partial charge in [0.1, 0.15) is 5.82 Å². The highest BCUT2D eigenvalue weighted by Crippen LogP contribution is 2.44. The van der Waals surface area contributed by atoms with Gasteiger partial charge >= 0.3 is 0 Å². The summed E-state index contributed by atoms with van der Waals surface area (Å²) in [5.74, 6) is 0.380. The van der Waals surface area contributed by atoms with Gasteiger partial charge < -0.3 is 5.32 Å². The molecule has 2 aliphatic rings. The van der Waals surface area contributed by atoms with Crippen molar-refractivity contribution in [2.45, 2.75) is 38.0 Å². The van der Waals surface area contributed by atoms with Crippen LogP contribution in [0.3, 0.4) is 0 Å². The molecule has 2 fully saturated rings. The number of halogens is 2. The number of nitrogens with one attached hydrogen (secondary N) is 1. The molecule has 0 atom stereocenters. The van der Waals surface area contributed by atoms with Crippen LogP contribution in [0, 0.1) is 22.6 Å². The molecule has 0 spiro atoms. The van der Waals surface area contributed by atoms with Gasteiger partial charge in [0.25, 0.3) is 0 Å². The van der Waals surface area contributed by atoms with E-state index in [1.807, 2.05) is 6.07 Å². The molecular weight excluding hydrogens is 275 g/mol. The van der Waals surface area contributed by atoms with Crippen LogP contribution in [0.25, 0.3) is 0 Å². The fraction of sp³-hybridized carbons (Fsp3) is 0.562. The SMILES string of the molecule is Cl.N#CC1(Cc2ccc(F)cc2C2CC2)CCNCC1. The van der Waals surface area contributed by atoms with Gasteiger partial charge in [-0.3, -0.25) is 0 Å². The maximum absolute atomic E-state index is 13.4. The van der Waals surface area contributed by atoms with Crippen LogP contribution in [0.2, 0.25) is 0 Å². The Balaban J connectivity index is 0.00000147. The zero-order chi connectivity index (χ0) is 13.3. The normalized spacial score (nSPS) is 20.8. The molecule has 1 N–H and O–H groups in total. The highest BCUT2D eigenvalue weighted by atomic mass is 35.5. The molecule has 1 heterocycles. The van der Waals surface area contributed by atoms with Crippen molar-refractivity contribution in [2.24, 2.45) is 5.41 Å². The Bertz CT molecular complexity index is 514. The van der Waals surface area contributed by atoms with Crippen LogP contribution in [0.15, 0.2) is 18.2 Å². The lowest BCUT2D eigenvalue weighted by Crippen LogP contribution is -2.37. The summed E-state index contributed by atoms with van der Waals surface area (Å²) in [5, 5.41) is 12.9. The molecular formula is C16H20ClFN2. The Morgan fingerprint density at radius 3 is 2.60 bits per heavy atom. The maximum Gasteiger partial charge on any atom is 0.123 e. The van der Waals surface area contributed by atoms with E-state index in [1.54, 1.807) is 6.07 Å². The van der Waals surface area contributed by atoms with E-state index in [1.165, 1.54) is 11.6 Å². The van der Waals surface area contributed by atoms with Crippen LogP contribution in [0.4, 0.5) is 4.39 Å². The van der Waals surface area contributed by atoms with E-state index in [2.05, 4.69) is 11.4 Å². The van der Waals surface area contributed by atoms with Gasteiger partial charge in [0, 0.05) is 0 Å². The lowest BCUT2D eigenvalue weighted by atomic mass is 9.74. The molecule has 1 aliphatic carbocycles. The molecule has 0 radical (unpaired) electrons. The van der Waals surface area contributed by atoms with Gasteiger partial charge in [0.15, 0.2) is 0 Å². The maximum atomic E-state index is 13.4. The average Bonchev–Trinajstić information content (AvgIpc) is 3.26. The third kappa shape index (κ3) is 3.13. The number of benzene rings is 1. The average molecular weight is 295 g/mol. The molecule has 4 heteroatoms. The third-order valence-corrected chi connectivity index (χ3v) is 4.45. The van der Waals surface area contributed by atoms with Gasteiger partial charge in [-0.25, -0.2) is 4.39 Å². The minimum atomic E-state index is -0.257. The van der Waals surface area contributed by atoms with E-state index >= 15 is 0 Å². The summed E-state index contributed by atoms with van der Waals surface area (Å²) in [6.45, 7) is 1.82. The zero-order valence-electron chi connectivity index (χ0n) is 11.5. The number of hydrogen-bond donors (Lipinski definition) is 1. The van der Waals surface area contributed by atoms with Crippen molar-refractivity contribution in [3.63, 3.8) is 0 Å². The van der Waals surface area contributed by atoms with Crippen molar-refractivity contribution in [1.29, 1.82) is 5.26 Å². The number of hydrogen-bond acceptors (Lipinski definition) is 2. The quantitative estimate of drug-likeness (QED) is 0.925.